The molecule has 0 saturated carbocycles. The zero-order valence-electron chi connectivity index (χ0n) is 9.94. The molecule has 0 aliphatic rings. The Morgan fingerprint density at radius 1 is 1.37 bits per heavy atom. The third kappa shape index (κ3) is 2.06. The van der Waals surface area contributed by atoms with Crippen LogP contribution in [0.25, 0.3) is 17.1 Å². The molecule has 0 aliphatic carbocycles. The van der Waals surface area contributed by atoms with Gasteiger partial charge in [0.1, 0.15) is 10.4 Å². The number of fused-ring (bicyclic) bond motifs is 1. The van der Waals surface area contributed by atoms with Crippen LogP contribution in [0.3, 0.4) is 0 Å². The van der Waals surface area contributed by atoms with Crippen LogP contribution in [0.4, 0.5) is 5.69 Å². The van der Waals surface area contributed by atoms with Gasteiger partial charge in [0.15, 0.2) is 15.4 Å². The van der Waals surface area contributed by atoms with E-state index < -0.39 is 9.84 Å². The summed E-state index contributed by atoms with van der Waals surface area (Å²) in [5.74, 6) is 0. The second-order valence-electron chi connectivity index (χ2n) is 4.12. The first-order chi connectivity index (χ1) is 8.93. The van der Waals surface area contributed by atoms with Gasteiger partial charge in [-0.1, -0.05) is 0 Å². The van der Waals surface area contributed by atoms with E-state index in [4.69, 9.17) is 10.2 Å². The van der Waals surface area contributed by atoms with Crippen LogP contribution < -0.4 is 5.73 Å². The van der Waals surface area contributed by atoms with Crippen molar-refractivity contribution in [2.24, 2.45) is 0 Å². The van der Waals surface area contributed by atoms with Crippen molar-refractivity contribution in [3.63, 3.8) is 0 Å². The van der Waals surface area contributed by atoms with Gasteiger partial charge in [-0.05, 0) is 18.2 Å². The molecule has 2 aromatic heterocycles. The van der Waals surface area contributed by atoms with Crippen LogP contribution in [0, 0.1) is 0 Å². The molecular formula is C11H10N4O3S. The smallest absolute Gasteiger partial charge is 0.323 e. The van der Waals surface area contributed by atoms with Crippen molar-refractivity contribution >= 4 is 26.6 Å². The number of benzene rings is 1. The molecule has 2 heterocycles. The van der Waals surface area contributed by atoms with Crippen LogP contribution in [-0.4, -0.2) is 29.4 Å². The van der Waals surface area contributed by atoms with Crippen molar-refractivity contribution in [3.8, 4) is 6.01 Å². The quantitative estimate of drug-likeness (QED) is 0.701. The Kier molecular flexibility index (Phi) is 2.36. The third-order valence-electron chi connectivity index (χ3n) is 2.58. The van der Waals surface area contributed by atoms with E-state index in [0.717, 1.165) is 6.26 Å². The van der Waals surface area contributed by atoms with E-state index in [2.05, 4.69) is 10.1 Å². The largest absolute Gasteiger partial charge is 0.422 e. The maximum atomic E-state index is 11.4. The summed E-state index contributed by atoms with van der Waals surface area (Å²) in [6.45, 7) is 0. The fraction of sp³-hybridized carbons (Fsp3) is 0.0909. The molecule has 0 amide bonds. The molecule has 0 bridgehead atoms. The molecule has 0 atom stereocenters. The van der Waals surface area contributed by atoms with E-state index in [1.165, 1.54) is 17.1 Å². The number of nitrogen functional groups attached to an aromatic ring is 1. The molecule has 0 fully saturated rings. The summed E-state index contributed by atoms with van der Waals surface area (Å²) in [5, 5.41) is 3.92. The second-order valence-corrected chi connectivity index (χ2v) is 6.13. The van der Waals surface area contributed by atoms with E-state index in [1.54, 1.807) is 18.2 Å². The summed E-state index contributed by atoms with van der Waals surface area (Å²) >= 11 is 0. The molecule has 8 heteroatoms. The number of aromatic nitrogens is 3. The highest BCUT2D eigenvalue weighted by molar-refractivity contribution is 7.90. The number of oxazole rings is 1. The number of hydrogen-bond acceptors (Lipinski definition) is 6. The number of hydrogen-bond donors (Lipinski definition) is 1. The van der Waals surface area contributed by atoms with Crippen molar-refractivity contribution in [1.29, 1.82) is 0 Å². The Morgan fingerprint density at radius 2 is 2.16 bits per heavy atom. The molecule has 98 valence electrons. The molecule has 0 aliphatic heterocycles. The van der Waals surface area contributed by atoms with Gasteiger partial charge in [-0.25, -0.2) is 8.42 Å². The molecule has 1 aromatic carbocycles. The van der Waals surface area contributed by atoms with Crippen LogP contribution in [0.2, 0.25) is 0 Å². The maximum Gasteiger partial charge on any atom is 0.323 e. The third-order valence-corrected chi connectivity index (χ3v) is 3.65. The highest BCUT2D eigenvalue weighted by atomic mass is 32.2. The van der Waals surface area contributed by atoms with E-state index in [0.29, 0.717) is 16.8 Å². The lowest BCUT2D eigenvalue weighted by atomic mass is 10.3. The van der Waals surface area contributed by atoms with Crippen molar-refractivity contribution in [2.45, 2.75) is 4.90 Å². The SMILES string of the molecule is CS(=O)(=O)c1cnn(-c2nc3cc(N)ccc3o2)c1. The van der Waals surface area contributed by atoms with E-state index in [9.17, 15) is 8.42 Å². The summed E-state index contributed by atoms with van der Waals surface area (Å²) in [6.07, 6.45) is 3.71. The van der Waals surface area contributed by atoms with Crippen LogP contribution in [-0.2, 0) is 9.84 Å². The lowest BCUT2D eigenvalue weighted by molar-refractivity contribution is 0.542. The number of rotatable bonds is 2. The summed E-state index contributed by atoms with van der Waals surface area (Å²) < 4.78 is 29.5. The lowest BCUT2D eigenvalue weighted by Crippen LogP contribution is -1.96. The zero-order valence-corrected chi connectivity index (χ0v) is 10.8. The standard InChI is InChI=1S/C11H10N4O3S/c1-19(16,17)8-5-13-15(6-8)11-14-9-4-7(12)2-3-10(9)18-11/h2-6H,12H2,1H3. The van der Waals surface area contributed by atoms with Gasteiger partial charge in [-0.15, -0.1) is 0 Å². The Morgan fingerprint density at radius 3 is 2.84 bits per heavy atom. The fourth-order valence-electron chi connectivity index (χ4n) is 1.63. The minimum atomic E-state index is -3.30. The second kappa shape index (κ2) is 3.82. The number of sulfone groups is 1. The normalized spacial score (nSPS) is 12.1. The fourth-order valence-corrected chi connectivity index (χ4v) is 2.16. The number of anilines is 1. The maximum absolute atomic E-state index is 11.4. The predicted molar refractivity (Wildman–Crippen MR) is 68.7 cm³/mol. The van der Waals surface area contributed by atoms with Crippen molar-refractivity contribution in [3.05, 3.63) is 30.6 Å². The van der Waals surface area contributed by atoms with Gasteiger partial charge in [0.05, 0.1) is 12.4 Å². The minimum Gasteiger partial charge on any atom is -0.422 e. The lowest BCUT2D eigenvalue weighted by Gasteiger charge is -1.91. The van der Waals surface area contributed by atoms with Crippen molar-refractivity contribution in [1.82, 2.24) is 14.8 Å². The topological polar surface area (TPSA) is 104 Å². The van der Waals surface area contributed by atoms with Gasteiger partial charge in [-0.2, -0.15) is 14.8 Å². The Hall–Kier alpha value is -2.35. The van der Waals surface area contributed by atoms with Crippen LogP contribution in [0.1, 0.15) is 0 Å². The molecule has 2 N–H and O–H groups in total. The molecular weight excluding hydrogens is 268 g/mol. The van der Waals surface area contributed by atoms with Gasteiger partial charge in [0, 0.05) is 11.9 Å². The average molecular weight is 278 g/mol. The van der Waals surface area contributed by atoms with Gasteiger partial charge in [0.25, 0.3) is 0 Å². The molecule has 19 heavy (non-hydrogen) atoms. The van der Waals surface area contributed by atoms with E-state index in [-0.39, 0.29) is 10.9 Å². The highest BCUT2D eigenvalue weighted by Crippen LogP contribution is 2.20. The molecule has 7 nitrogen and oxygen atoms in total. The van der Waals surface area contributed by atoms with Crippen LogP contribution in [0.5, 0.6) is 0 Å². The summed E-state index contributed by atoms with van der Waals surface area (Å²) in [6, 6.07) is 5.25. The van der Waals surface area contributed by atoms with Gasteiger partial charge in [-0.3, -0.25) is 0 Å². The minimum absolute atomic E-state index is 0.106. The zero-order chi connectivity index (χ0) is 13.6. The first-order valence-corrected chi connectivity index (χ1v) is 7.24. The number of nitrogens with zero attached hydrogens (tertiary/aromatic N) is 3. The summed E-state index contributed by atoms with van der Waals surface area (Å²) in [4.78, 5) is 4.30. The average Bonchev–Trinajstić information content (AvgIpc) is 2.92. The Balaban J connectivity index is 2.11. The van der Waals surface area contributed by atoms with Crippen LogP contribution in [0.15, 0.2) is 39.9 Å². The predicted octanol–water partition coefficient (Wildman–Crippen LogP) is 0.999. The van der Waals surface area contributed by atoms with Gasteiger partial charge >= 0.3 is 6.01 Å². The monoisotopic (exact) mass is 278 g/mol. The van der Waals surface area contributed by atoms with Crippen molar-refractivity contribution in [2.75, 3.05) is 12.0 Å². The van der Waals surface area contributed by atoms with Gasteiger partial charge < -0.3 is 10.2 Å². The van der Waals surface area contributed by atoms with E-state index in [1.807, 2.05) is 0 Å². The van der Waals surface area contributed by atoms with Gasteiger partial charge in [0.2, 0.25) is 0 Å². The first kappa shape index (κ1) is 11.7. The Labute approximate surface area is 108 Å². The summed E-state index contributed by atoms with van der Waals surface area (Å²) in [7, 11) is -3.30. The molecule has 0 unspecified atom stereocenters. The van der Waals surface area contributed by atoms with Crippen molar-refractivity contribution < 1.29 is 12.8 Å². The highest BCUT2D eigenvalue weighted by Gasteiger charge is 2.14. The molecule has 0 radical (unpaired) electrons. The van der Waals surface area contributed by atoms with E-state index >= 15 is 0 Å². The van der Waals surface area contributed by atoms with Crippen LogP contribution >= 0.6 is 0 Å². The molecule has 0 spiro atoms. The Bertz CT molecular complexity index is 863. The molecule has 0 saturated heterocycles. The summed E-state index contributed by atoms with van der Waals surface area (Å²) in [5.41, 5.74) is 7.37. The molecule has 3 aromatic rings. The first-order valence-electron chi connectivity index (χ1n) is 5.35. The molecule has 3 rings (SSSR count). The number of nitrogens with two attached hydrogens (primary N) is 1.